The first-order valence-electron chi connectivity index (χ1n) is 5.38. The second kappa shape index (κ2) is 5.23. The molecule has 1 aromatic heterocycles. The van der Waals surface area contributed by atoms with E-state index in [0.29, 0.717) is 11.4 Å². The molecule has 90 valence electrons. The number of imidazole rings is 1. The third-order valence-corrected chi connectivity index (χ3v) is 3.38. The number of hydrogen-bond donors (Lipinski definition) is 1. The first kappa shape index (κ1) is 12.0. The van der Waals surface area contributed by atoms with Crippen LogP contribution in [-0.4, -0.2) is 9.55 Å². The van der Waals surface area contributed by atoms with Gasteiger partial charge in [0.25, 0.3) is 0 Å². The zero-order valence-corrected chi connectivity index (χ0v) is 10.4. The van der Waals surface area contributed by atoms with Crippen molar-refractivity contribution >= 4 is 17.4 Å². The van der Waals surface area contributed by atoms with Gasteiger partial charge in [-0.1, -0.05) is 0 Å². The highest BCUT2D eigenvalue weighted by atomic mass is 32.2. The fourth-order valence-electron chi connectivity index (χ4n) is 1.58. The molecule has 0 fully saturated rings. The molecule has 0 radical (unpaired) electrons. The minimum Gasteiger partial charge on any atom is -0.399 e. The van der Waals surface area contributed by atoms with E-state index in [4.69, 9.17) is 5.73 Å². The van der Waals surface area contributed by atoms with Crippen molar-refractivity contribution in [2.24, 2.45) is 0 Å². The molecular weight excluding hydrogens is 237 g/mol. The largest absolute Gasteiger partial charge is 0.399 e. The van der Waals surface area contributed by atoms with Crippen LogP contribution in [0.4, 0.5) is 10.1 Å². The number of thioether (sulfide) groups is 1. The Balaban J connectivity index is 2.07. The smallest absolute Gasteiger partial charge is 0.126 e. The van der Waals surface area contributed by atoms with Crippen molar-refractivity contribution in [1.82, 2.24) is 9.55 Å². The van der Waals surface area contributed by atoms with E-state index >= 15 is 0 Å². The summed E-state index contributed by atoms with van der Waals surface area (Å²) in [7, 11) is 0. The molecule has 0 atom stereocenters. The summed E-state index contributed by atoms with van der Waals surface area (Å²) in [6.07, 6.45) is 3.72. The fraction of sp³-hybridized carbons (Fsp3) is 0.250. The van der Waals surface area contributed by atoms with Crippen LogP contribution in [0.1, 0.15) is 12.7 Å². The van der Waals surface area contributed by atoms with E-state index in [2.05, 4.69) is 16.5 Å². The summed E-state index contributed by atoms with van der Waals surface area (Å²) in [5, 5.41) is 0. The second-order valence-electron chi connectivity index (χ2n) is 3.64. The van der Waals surface area contributed by atoms with E-state index in [1.807, 2.05) is 6.20 Å². The SMILES string of the molecule is CCn1ccnc1CSc1cc(N)cc(F)c1. The number of halogens is 1. The lowest BCUT2D eigenvalue weighted by molar-refractivity contribution is 0.625. The molecule has 17 heavy (non-hydrogen) atoms. The van der Waals surface area contributed by atoms with Gasteiger partial charge in [0.15, 0.2) is 0 Å². The van der Waals surface area contributed by atoms with Crippen LogP contribution >= 0.6 is 11.8 Å². The molecule has 1 aromatic carbocycles. The highest BCUT2D eigenvalue weighted by Gasteiger charge is 2.04. The molecule has 0 spiro atoms. The van der Waals surface area contributed by atoms with Crippen LogP contribution in [0.25, 0.3) is 0 Å². The van der Waals surface area contributed by atoms with Crippen molar-refractivity contribution in [3.05, 3.63) is 42.2 Å². The predicted octanol–water partition coefficient (Wildman–Crippen LogP) is 2.92. The van der Waals surface area contributed by atoms with Gasteiger partial charge in [-0.2, -0.15) is 0 Å². The fourth-order valence-corrected chi connectivity index (χ4v) is 2.54. The number of anilines is 1. The monoisotopic (exact) mass is 251 g/mol. The zero-order chi connectivity index (χ0) is 12.3. The Bertz CT molecular complexity index is 490. The number of nitrogens with zero attached hydrogens (tertiary/aromatic N) is 2. The normalized spacial score (nSPS) is 10.7. The molecule has 0 aliphatic heterocycles. The Morgan fingerprint density at radius 2 is 2.24 bits per heavy atom. The average Bonchev–Trinajstić information content (AvgIpc) is 2.72. The molecule has 0 unspecified atom stereocenters. The Morgan fingerprint density at radius 1 is 1.41 bits per heavy atom. The van der Waals surface area contributed by atoms with Crippen molar-refractivity contribution in [3.8, 4) is 0 Å². The number of nitrogen functional groups attached to an aromatic ring is 1. The number of rotatable bonds is 4. The van der Waals surface area contributed by atoms with E-state index in [9.17, 15) is 4.39 Å². The first-order valence-corrected chi connectivity index (χ1v) is 6.36. The summed E-state index contributed by atoms with van der Waals surface area (Å²) in [6, 6.07) is 4.57. The van der Waals surface area contributed by atoms with Gasteiger partial charge in [0.2, 0.25) is 0 Å². The van der Waals surface area contributed by atoms with Gasteiger partial charge in [0.05, 0.1) is 5.75 Å². The number of aromatic nitrogens is 2. The standard InChI is InChI=1S/C12H14FN3S/c1-2-16-4-3-15-12(16)8-17-11-6-9(13)5-10(14)7-11/h3-7H,2,8,14H2,1H3. The first-order chi connectivity index (χ1) is 8.19. The van der Waals surface area contributed by atoms with Crippen LogP contribution in [0.2, 0.25) is 0 Å². The molecule has 2 N–H and O–H groups in total. The predicted molar refractivity (Wildman–Crippen MR) is 68.3 cm³/mol. The maximum atomic E-state index is 13.1. The van der Waals surface area contributed by atoms with Gasteiger partial charge in [-0.25, -0.2) is 9.37 Å². The van der Waals surface area contributed by atoms with E-state index in [-0.39, 0.29) is 5.82 Å². The molecule has 0 saturated heterocycles. The zero-order valence-electron chi connectivity index (χ0n) is 9.56. The van der Waals surface area contributed by atoms with E-state index in [0.717, 1.165) is 17.3 Å². The van der Waals surface area contributed by atoms with Crippen molar-refractivity contribution < 1.29 is 4.39 Å². The molecule has 5 heteroatoms. The lowest BCUT2D eigenvalue weighted by Gasteiger charge is -2.05. The molecule has 0 aliphatic rings. The summed E-state index contributed by atoms with van der Waals surface area (Å²) in [5.41, 5.74) is 6.04. The third-order valence-electron chi connectivity index (χ3n) is 2.40. The summed E-state index contributed by atoms with van der Waals surface area (Å²) in [5.74, 6) is 1.40. The number of benzene rings is 1. The number of aryl methyl sites for hydroxylation is 1. The summed E-state index contributed by atoms with van der Waals surface area (Å²) >= 11 is 1.53. The molecule has 0 aliphatic carbocycles. The number of hydrogen-bond acceptors (Lipinski definition) is 3. The second-order valence-corrected chi connectivity index (χ2v) is 4.69. The van der Waals surface area contributed by atoms with Crippen LogP contribution in [0.3, 0.4) is 0 Å². The molecular formula is C12H14FN3S. The molecule has 2 aromatic rings. The maximum absolute atomic E-state index is 13.1. The van der Waals surface area contributed by atoms with Crippen LogP contribution in [0, 0.1) is 5.82 Å². The van der Waals surface area contributed by atoms with Gasteiger partial charge in [-0.3, -0.25) is 0 Å². The molecule has 2 rings (SSSR count). The van der Waals surface area contributed by atoms with Crippen molar-refractivity contribution in [3.63, 3.8) is 0 Å². The van der Waals surface area contributed by atoms with Gasteiger partial charge in [-0.05, 0) is 25.1 Å². The Hall–Kier alpha value is -1.49. The van der Waals surface area contributed by atoms with Gasteiger partial charge in [0, 0.05) is 29.5 Å². The highest BCUT2D eigenvalue weighted by molar-refractivity contribution is 7.98. The van der Waals surface area contributed by atoms with Crippen LogP contribution in [-0.2, 0) is 12.3 Å². The van der Waals surface area contributed by atoms with Gasteiger partial charge >= 0.3 is 0 Å². The van der Waals surface area contributed by atoms with E-state index < -0.39 is 0 Å². The van der Waals surface area contributed by atoms with Gasteiger partial charge in [-0.15, -0.1) is 11.8 Å². The quantitative estimate of drug-likeness (QED) is 0.671. The van der Waals surface area contributed by atoms with E-state index in [1.165, 1.54) is 23.9 Å². The van der Waals surface area contributed by atoms with Crippen LogP contribution in [0.15, 0.2) is 35.5 Å². The minimum atomic E-state index is -0.300. The van der Waals surface area contributed by atoms with Crippen molar-refractivity contribution in [2.45, 2.75) is 24.1 Å². The third kappa shape index (κ3) is 3.00. The van der Waals surface area contributed by atoms with Gasteiger partial charge in [0.1, 0.15) is 11.6 Å². The van der Waals surface area contributed by atoms with Gasteiger partial charge < -0.3 is 10.3 Å². The molecule has 1 heterocycles. The Morgan fingerprint density at radius 3 is 2.94 bits per heavy atom. The summed E-state index contributed by atoms with van der Waals surface area (Å²) in [4.78, 5) is 5.09. The average molecular weight is 251 g/mol. The number of nitrogens with two attached hydrogens (primary N) is 1. The van der Waals surface area contributed by atoms with Crippen molar-refractivity contribution in [1.29, 1.82) is 0 Å². The topological polar surface area (TPSA) is 43.8 Å². The molecule has 3 nitrogen and oxygen atoms in total. The Labute approximate surface area is 104 Å². The minimum absolute atomic E-state index is 0.300. The summed E-state index contributed by atoms with van der Waals surface area (Å²) < 4.78 is 15.2. The van der Waals surface area contributed by atoms with Crippen LogP contribution in [0.5, 0.6) is 0 Å². The van der Waals surface area contributed by atoms with Crippen molar-refractivity contribution in [2.75, 3.05) is 5.73 Å². The summed E-state index contributed by atoms with van der Waals surface area (Å²) in [6.45, 7) is 2.96. The van der Waals surface area contributed by atoms with Crippen LogP contribution < -0.4 is 5.73 Å². The lowest BCUT2D eigenvalue weighted by atomic mass is 10.3. The molecule has 0 amide bonds. The molecule has 0 bridgehead atoms. The molecule has 0 saturated carbocycles. The lowest BCUT2D eigenvalue weighted by Crippen LogP contribution is -1.99. The Kier molecular flexibility index (Phi) is 3.68. The maximum Gasteiger partial charge on any atom is 0.126 e. The van der Waals surface area contributed by atoms with E-state index in [1.54, 1.807) is 12.3 Å². The highest BCUT2D eigenvalue weighted by Crippen LogP contribution is 2.25.